The van der Waals surface area contributed by atoms with E-state index in [0.717, 1.165) is 30.8 Å². The third-order valence-electron chi connectivity index (χ3n) is 4.91. The van der Waals surface area contributed by atoms with Gasteiger partial charge >= 0.3 is 0 Å². The van der Waals surface area contributed by atoms with Gasteiger partial charge in [-0.25, -0.2) is 0 Å². The van der Waals surface area contributed by atoms with Crippen LogP contribution in [0.25, 0.3) is 0 Å². The maximum Gasteiger partial charge on any atom is 0.124 e. The fourth-order valence-corrected chi connectivity index (χ4v) is 3.76. The van der Waals surface area contributed by atoms with E-state index in [-0.39, 0.29) is 17.7 Å². The number of nitrogens with two attached hydrogens (primary N) is 1. The van der Waals surface area contributed by atoms with Crippen molar-refractivity contribution in [2.24, 2.45) is 5.73 Å². The van der Waals surface area contributed by atoms with Gasteiger partial charge in [0.1, 0.15) is 11.9 Å². The molecule has 0 bridgehead atoms. The Morgan fingerprint density at radius 3 is 2.81 bits per heavy atom. The van der Waals surface area contributed by atoms with Crippen molar-refractivity contribution in [1.82, 2.24) is 0 Å². The summed E-state index contributed by atoms with van der Waals surface area (Å²) in [6.07, 6.45) is 7.25. The molecule has 2 fully saturated rings. The van der Waals surface area contributed by atoms with Crippen LogP contribution in [0.2, 0.25) is 0 Å². The number of rotatable bonds is 3. The van der Waals surface area contributed by atoms with Crippen molar-refractivity contribution in [3.8, 4) is 5.75 Å². The second-order valence-electron chi connectivity index (χ2n) is 6.80. The second-order valence-corrected chi connectivity index (χ2v) is 6.80. The Morgan fingerprint density at radius 1 is 1.33 bits per heavy atom. The second kappa shape index (κ2) is 5.98. The van der Waals surface area contributed by atoms with Gasteiger partial charge in [-0.1, -0.05) is 30.5 Å². The molecule has 2 unspecified atom stereocenters. The van der Waals surface area contributed by atoms with E-state index < -0.39 is 0 Å². The van der Waals surface area contributed by atoms with Gasteiger partial charge in [-0.15, -0.1) is 0 Å². The Kier molecular flexibility index (Phi) is 4.23. The standard InChI is InChI=1S/C18H27NO2/c1-13-5-6-17(16(11-13)14(2)19)21-15-7-10-20-18(12-15)8-3-4-9-18/h5-6,11,14-15H,3-4,7-10,12,19H2,1-2H3. The van der Waals surface area contributed by atoms with E-state index in [4.69, 9.17) is 15.2 Å². The molecule has 1 spiro atoms. The molecular weight excluding hydrogens is 262 g/mol. The zero-order chi connectivity index (χ0) is 14.9. The van der Waals surface area contributed by atoms with Crippen LogP contribution >= 0.6 is 0 Å². The molecule has 1 aromatic carbocycles. The van der Waals surface area contributed by atoms with Gasteiger partial charge in [0.05, 0.1) is 12.2 Å². The third-order valence-corrected chi connectivity index (χ3v) is 4.91. The molecular formula is C18H27NO2. The number of aryl methyl sites for hydroxylation is 1. The quantitative estimate of drug-likeness (QED) is 0.918. The molecule has 3 rings (SSSR count). The summed E-state index contributed by atoms with van der Waals surface area (Å²) in [6, 6.07) is 6.32. The highest BCUT2D eigenvalue weighted by Gasteiger charge is 2.40. The summed E-state index contributed by atoms with van der Waals surface area (Å²) >= 11 is 0. The molecule has 3 nitrogen and oxygen atoms in total. The lowest BCUT2D eigenvalue weighted by Crippen LogP contribution is -2.41. The van der Waals surface area contributed by atoms with E-state index in [1.54, 1.807) is 0 Å². The average Bonchev–Trinajstić information content (AvgIpc) is 2.88. The fraction of sp³-hybridized carbons (Fsp3) is 0.667. The Hall–Kier alpha value is -1.06. The van der Waals surface area contributed by atoms with E-state index in [0.29, 0.717) is 0 Å². The normalized spacial score (nSPS) is 26.0. The molecule has 0 radical (unpaired) electrons. The molecule has 1 heterocycles. The smallest absolute Gasteiger partial charge is 0.124 e. The topological polar surface area (TPSA) is 44.5 Å². The largest absolute Gasteiger partial charge is 0.490 e. The van der Waals surface area contributed by atoms with E-state index in [1.165, 1.54) is 31.2 Å². The minimum atomic E-state index is 0.000168. The molecule has 0 amide bonds. The van der Waals surface area contributed by atoms with Crippen LogP contribution in [0.15, 0.2) is 18.2 Å². The first-order valence-corrected chi connectivity index (χ1v) is 8.25. The van der Waals surface area contributed by atoms with Crippen molar-refractivity contribution < 1.29 is 9.47 Å². The molecule has 2 N–H and O–H groups in total. The van der Waals surface area contributed by atoms with Crippen molar-refractivity contribution >= 4 is 0 Å². The van der Waals surface area contributed by atoms with Crippen LogP contribution in [-0.4, -0.2) is 18.3 Å². The van der Waals surface area contributed by atoms with Crippen molar-refractivity contribution in [1.29, 1.82) is 0 Å². The van der Waals surface area contributed by atoms with Crippen LogP contribution in [0.5, 0.6) is 5.75 Å². The molecule has 1 aliphatic carbocycles. The van der Waals surface area contributed by atoms with Gasteiger partial charge in [0.15, 0.2) is 0 Å². The number of benzene rings is 1. The molecule has 116 valence electrons. The highest BCUT2D eigenvalue weighted by Crippen LogP contribution is 2.41. The van der Waals surface area contributed by atoms with Crippen LogP contribution in [0, 0.1) is 6.92 Å². The van der Waals surface area contributed by atoms with Gasteiger partial charge in [-0.05, 0) is 32.8 Å². The Bertz CT molecular complexity index is 492. The lowest BCUT2D eigenvalue weighted by atomic mass is 9.90. The fourth-order valence-electron chi connectivity index (χ4n) is 3.76. The summed E-state index contributed by atoms with van der Waals surface area (Å²) in [6.45, 7) is 4.94. The Morgan fingerprint density at radius 2 is 2.10 bits per heavy atom. The first-order valence-electron chi connectivity index (χ1n) is 8.25. The Balaban J connectivity index is 1.74. The first-order chi connectivity index (χ1) is 10.1. The van der Waals surface area contributed by atoms with Crippen molar-refractivity contribution in [2.75, 3.05) is 6.61 Å². The molecule has 3 heteroatoms. The van der Waals surface area contributed by atoms with Gasteiger partial charge in [0.2, 0.25) is 0 Å². The van der Waals surface area contributed by atoms with E-state index in [2.05, 4.69) is 25.1 Å². The predicted molar refractivity (Wildman–Crippen MR) is 84.6 cm³/mol. The monoisotopic (exact) mass is 289 g/mol. The van der Waals surface area contributed by atoms with Crippen molar-refractivity contribution in [3.05, 3.63) is 29.3 Å². The molecule has 21 heavy (non-hydrogen) atoms. The van der Waals surface area contributed by atoms with Crippen LogP contribution in [-0.2, 0) is 4.74 Å². The predicted octanol–water partition coefficient (Wildman–Crippen LogP) is 3.89. The number of hydrogen-bond acceptors (Lipinski definition) is 3. The SMILES string of the molecule is Cc1ccc(OC2CCOC3(CCCC3)C2)c(C(C)N)c1. The van der Waals surface area contributed by atoms with Gasteiger partial charge in [-0.2, -0.15) is 0 Å². The van der Waals surface area contributed by atoms with E-state index >= 15 is 0 Å². The molecule has 2 atom stereocenters. The van der Waals surface area contributed by atoms with Crippen LogP contribution < -0.4 is 10.5 Å². The summed E-state index contributed by atoms with van der Waals surface area (Å²) < 4.78 is 12.4. The summed E-state index contributed by atoms with van der Waals surface area (Å²) in [5.74, 6) is 0.954. The minimum Gasteiger partial charge on any atom is -0.490 e. The molecule has 1 aliphatic heterocycles. The maximum atomic E-state index is 6.33. The van der Waals surface area contributed by atoms with Gasteiger partial charge in [-0.3, -0.25) is 0 Å². The molecule has 2 aliphatic rings. The average molecular weight is 289 g/mol. The lowest BCUT2D eigenvalue weighted by molar-refractivity contribution is -0.108. The number of hydrogen-bond donors (Lipinski definition) is 1. The number of ether oxygens (including phenoxy) is 2. The first kappa shape index (κ1) is 14.9. The zero-order valence-corrected chi connectivity index (χ0v) is 13.2. The van der Waals surface area contributed by atoms with E-state index in [9.17, 15) is 0 Å². The van der Waals surface area contributed by atoms with Crippen LogP contribution in [0.4, 0.5) is 0 Å². The van der Waals surface area contributed by atoms with Crippen molar-refractivity contribution in [3.63, 3.8) is 0 Å². The molecule has 1 saturated carbocycles. The summed E-state index contributed by atoms with van der Waals surface area (Å²) in [7, 11) is 0. The highest BCUT2D eigenvalue weighted by atomic mass is 16.5. The Labute approximate surface area is 127 Å². The minimum absolute atomic E-state index is 0.000168. The summed E-state index contributed by atoms with van der Waals surface area (Å²) in [5, 5.41) is 0. The van der Waals surface area contributed by atoms with Crippen LogP contribution in [0.3, 0.4) is 0 Å². The summed E-state index contributed by atoms with van der Waals surface area (Å²) in [5.41, 5.74) is 8.54. The summed E-state index contributed by atoms with van der Waals surface area (Å²) in [4.78, 5) is 0. The maximum absolute atomic E-state index is 6.33. The van der Waals surface area contributed by atoms with Crippen LogP contribution in [0.1, 0.15) is 62.6 Å². The van der Waals surface area contributed by atoms with Gasteiger partial charge in [0, 0.05) is 24.4 Å². The molecule has 0 aromatic heterocycles. The zero-order valence-electron chi connectivity index (χ0n) is 13.2. The van der Waals surface area contributed by atoms with Gasteiger partial charge in [0.25, 0.3) is 0 Å². The van der Waals surface area contributed by atoms with Crippen molar-refractivity contribution in [2.45, 2.75) is 70.1 Å². The molecule has 1 aromatic rings. The van der Waals surface area contributed by atoms with Gasteiger partial charge < -0.3 is 15.2 Å². The lowest BCUT2D eigenvalue weighted by Gasteiger charge is -2.38. The van der Waals surface area contributed by atoms with E-state index in [1.807, 2.05) is 6.92 Å². The molecule has 1 saturated heterocycles. The third kappa shape index (κ3) is 3.24. The highest BCUT2D eigenvalue weighted by molar-refractivity contribution is 5.39.